The van der Waals surface area contributed by atoms with Gasteiger partial charge in [-0.15, -0.1) is 0 Å². The third-order valence-corrected chi connectivity index (χ3v) is 4.35. The molecular formula is C18H17NO4. The van der Waals surface area contributed by atoms with Crippen molar-refractivity contribution in [2.45, 2.75) is 12.5 Å². The Kier molecular flexibility index (Phi) is 3.52. The monoisotopic (exact) mass is 311 g/mol. The number of carboxylic acids is 1. The van der Waals surface area contributed by atoms with Crippen molar-refractivity contribution in [3.05, 3.63) is 58.7 Å². The van der Waals surface area contributed by atoms with Crippen LogP contribution in [0.2, 0.25) is 0 Å². The van der Waals surface area contributed by atoms with Gasteiger partial charge in [0.15, 0.2) is 0 Å². The van der Waals surface area contributed by atoms with E-state index in [0.29, 0.717) is 36.4 Å². The topological polar surface area (TPSA) is 67.8 Å². The second-order valence-corrected chi connectivity index (χ2v) is 5.76. The summed E-state index contributed by atoms with van der Waals surface area (Å²) in [7, 11) is 0. The van der Waals surface area contributed by atoms with Gasteiger partial charge in [-0.25, -0.2) is 4.79 Å². The number of hydrogen-bond acceptors (Lipinski definition) is 4. The molecule has 5 heteroatoms. The van der Waals surface area contributed by atoms with Gasteiger partial charge in [-0.1, -0.05) is 24.3 Å². The number of aromatic carboxylic acids is 1. The fraction of sp³-hybridized carbons (Fsp3) is 0.278. The molecule has 0 radical (unpaired) electrons. The lowest BCUT2D eigenvalue weighted by Gasteiger charge is -2.28. The van der Waals surface area contributed by atoms with Crippen LogP contribution in [0.4, 0.5) is 0 Å². The highest BCUT2D eigenvalue weighted by Crippen LogP contribution is 2.40. The van der Waals surface area contributed by atoms with E-state index in [9.17, 15) is 9.90 Å². The SMILES string of the molecule is O=C(O)c1c(C2CNCCO2)ccc2c1Cc1ccccc1O2. The van der Waals surface area contributed by atoms with Crippen molar-refractivity contribution in [2.24, 2.45) is 0 Å². The van der Waals surface area contributed by atoms with Gasteiger partial charge in [0.25, 0.3) is 0 Å². The Balaban J connectivity index is 1.81. The molecule has 2 heterocycles. The summed E-state index contributed by atoms with van der Waals surface area (Å²) in [6, 6.07) is 11.4. The molecule has 2 aliphatic rings. The molecule has 0 aromatic heterocycles. The normalized spacial score (nSPS) is 19.4. The number of nitrogens with one attached hydrogen (secondary N) is 1. The van der Waals surface area contributed by atoms with E-state index in [2.05, 4.69) is 5.32 Å². The molecule has 2 aliphatic heterocycles. The number of fused-ring (bicyclic) bond motifs is 2. The summed E-state index contributed by atoms with van der Waals surface area (Å²) in [4.78, 5) is 11.9. The zero-order valence-corrected chi connectivity index (χ0v) is 12.5. The molecule has 0 aliphatic carbocycles. The van der Waals surface area contributed by atoms with E-state index in [-0.39, 0.29) is 6.10 Å². The first-order chi connectivity index (χ1) is 11.2. The summed E-state index contributed by atoms with van der Waals surface area (Å²) in [6.07, 6.45) is 0.318. The van der Waals surface area contributed by atoms with Crippen LogP contribution in [0.3, 0.4) is 0 Å². The molecule has 118 valence electrons. The van der Waals surface area contributed by atoms with Crippen LogP contribution in [0.1, 0.15) is 33.2 Å². The smallest absolute Gasteiger partial charge is 0.336 e. The van der Waals surface area contributed by atoms with E-state index < -0.39 is 5.97 Å². The summed E-state index contributed by atoms with van der Waals surface area (Å²) in [5.74, 6) is 0.474. The lowest BCUT2D eigenvalue weighted by Crippen LogP contribution is -2.34. The van der Waals surface area contributed by atoms with Gasteiger partial charge in [-0.05, 0) is 23.3 Å². The van der Waals surface area contributed by atoms with Gasteiger partial charge >= 0.3 is 5.97 Å². The van der Waals surface area contributed by atoms with E-state index in [1.165, 1.54) is 0 Å². The molecule has 0 amide bonds. The first-order valence-corrected chi connectivity index (χ1v) is 7.71. The number of ether oxygens (including phenoxy) is 2. The van der Waals surface area contributed by atoms with E-state index >= 15 is 0 Å². The molecule has 1 saturated heterocycles. The largest absolute Gasteiger partial charge is 0.478 e. The third kappa shape index (κ3) is 2.48. The van der Waals surface area contributed by atoms with Crippen LogP contribution in [0.5, 0.6) is 11.5 Å². The lowest BCUT2D eigenvalue weighted by molar-refractivity contribution is 0.0262. The Labute approximate surface area is 133 Å². The first-order valence-electron chi connectivity index (χ1n) is 7.71. The summed E-state index contributed by atoms with van der Waals surface area (Å²) in [5, 5.41) is 13.0. The van der Waals surface area contributed by atoms with Crippen molar-refractivity contribution in [3.63, 3.8) is 0 Å². The average molecular weight is 311 g/mol. The molecule has 5 nitrogen and oxygen atoms in total. The van der Waals surface area contributed by atoms with Crippen LogP contribution in [0.25, 0.3) is 0 Å². The van der Waals surface area contributed by atoms with Crippen molar-refractivity contribution in [2.75, 3.05) is 19.7 Å². The Morgan fingerprint density at radius 2 is 2.04 bits per heavy atom. The number of carbonyl (C=O) groups is 1. The lowest BCUT2D eigenvalue weighted by atomic mass is 9.90. The number of morpholine rings is 1. The standard InChI is InChI=1S/C18H17NO4/c20-18(21)17-12(16-10-19-7-8-22-16)5-6-15-13(17)9-11-3-1-2-4-14(11)23-15/h1-6,16,19H,7-10H2,(H,20,21). The van der Waals surface area contributed by atoms with Gasteiger partial charge in [-0.2, -0.15) is 0 Å². The quantitative estimate of drug-likeness (QED) is 0.761. The highest BCUT2D eigenvalue weighted by molar-refractivity contribution is 5.92. The van der Waals surface area contributed by atoms with Crippen LogP contribution in [0.15, 0.2) is 36.4 Å². The average Bonchev–Trinajstić information content (AvgIpc) is 2.59. The summed E-state index contributed by atoms with van der Waals surface area (Å²) >= 11 is 0. The number of hydrogen-bond donors (Lipinski definition) is 2. The van der Waals surface area contributed by atoms with Crippen molar-refractivity contribution >= 4 is 5.97 Å². The maximum atomic E-state index is 11.9. The van der Waals surface area contributed by atoms with Gasteiger partial charge in [0.1, 0.15) is 11.5 Å². The molecule has 2 aromatic carbocycles. The molecule has 2 N–H and O–H groups in total. The van der Waals surface area contributed by atoms with Gasteiger partial charge in [0.05, 0.1) is 18.3 Å². The van der Waals surface area contributed by atoms with Crippen molar-refractivity contribution in [3.8, 4) is 11.5 Å². The fourth-order valence-corrected chi connectivity index (χ4v) is 3.26. The Morgan fingerprint density at radius 1 is 1.17 bits per heavy atom. The van der Waals surface area contributed by atoms with E-state index in [1.807, 2.05) is 36.4 Å². The van der Waals surface area contributed by atoms with Gasteiger partial charge in [-0.3, -0.25) is 0 Å². The molecule has 2 aromatic rings. The van der Waals surface area contributed by atoms with Crippen molar-refractivity contribution in [1.82, 2.24) is 5.32 Å². The highest BCUT2D eigenvalue weighted by atomic mass is 16.5. The fourth-order valence-electron chi connectivity index (χ4n) is 3.26. The van der Waals surface area contributed by atoms with Crippen molar-refractivity contribution < 1.29 is 19.4 Å². The number of para-hydroxylation sites is 1. The first kappa shape index (κ1) is 14.2. The minimum atomic E-state index is -0.936. The summed E-state index contributed by atoms with van der Waals surface area (Å²) in [5.41, 5.74) is 2.75. The van der Waals surface area contributed by atoms with Crippen molar-refractivity contribution in [1.29, 1.82) is 0 Å². The molecule has 1 unspecified atom stereocenters. The second kappa shape index (κ2) is 5.68. The zero-order valence-electron chi connectivity index (χ0n) is 12.5. The Bertz CT molecular complexity index is 766. The third-order valence-electron chi connectivity index (χ3n) is 4.35. The number of rotatable bonds is 2. The Hall–Kier alpha value is -2.37. The predicted molar refractivity (Wildman–Crippen MR) is 84.3 cm³/mol. The van der Waals surface area contributed by atoms with Crippen LogP contribution in [-0.4, -0.2) is 30.8 Å². The van der Waals surface area contributed by atoms with E-state index in [0.717, 1.165) is 23.4 Å². The molecule has 23 heavy (non-hydrogen) atoms. The number of benzene rings is 2. The molecule has 0 bridgehead atoms. The Morgan fingerprint density at radius 3 is 2.83 bits per heavy atom. The summed E-state index contributed by atoms with van der Waals surface area (Å²) < 4.78 is 11.6. The molecule has 1 fully saturated rings. The molecule has 0 saturated carbocycles. The minimum absolute atomic E-state index is 0.239. The van der Waals surface area contributed by atoms with Crippen LogP contribution in [-0.2, 0) is 11.2 Å². The molecule has 4 rings (SSSR count). The number of carboxylic acid groups (broad SMARTS) is 1. The maximum Gasteiger partial charge on any atom is 0.336 e. The molecular weight excluding hydrogens is 294 g/mol. The second-order valence-electron chi connectivity index (χ2n) is 5.76. The van der Waals surface area contributed by atoms with Crippen LogP contribution < -0.4 is 10.1 Å². The zero-order chi connectivity index (χ0) is 15.8. The predicted octanol–water partition coefficient (Wildman–Crippen LogP) is 2.74. The van der Waals surface area contributed by atoms with E-state index in [4.69, 9.17) is 9.47 Å². The molecule has 1 atom stereocenters. The summed E-state index contributed by atoms with van der Waals surface area (Å²) in [6.45, 7) is 2.00. The maximum absolute atomic E-state index is 11.9. The minimum Gasteiger partial charge on any atom is -0.478 e. The van der Waals surface area contributed by atoms with Gasteiger partial charge in [0.2, 0.25) is 0 Å². The van der Waals surface area contributed by atoms with E-state index in [1.54, 1.807) is 0 Å². The van der Waals surface area contributed by atoms with Crippen LogP contribution in [0, 0.1) is 0 Å². The van der Waals surface area contributed by atoms with Gasteiger partial charge in [0, 0.05) is 25.1 Å². The van der Waals surface area contributed by atoms with Gasteiger partial charge < -0.3 is 19.9 Å². The molecule has 0 spiro atoms. The van der Waals surface area contributed by atoms with Crippen LogP contribution >= 0.6 is 0 Å². The highest BCUT2D eigenvalue weighted by Gasteiger charge is 2.29.